The highest BCUT2D eigenvalue weighted by Crippen LogP contribution is 2.24. The van der Waals surface area contributed by atoms with E-state index in [-0.39, 0.29) is 24.9 Å². The highest BCUT2D eigenvalue weighted by Gasteiger charge is 2.32. The second kappa shape index (κ2) is 7.86. The number of likely N-dealkylation sites (tertiary alicyclic amines) is 1. The molecule has 140 valence electrons. The van der Waals surface area contributed by atoms with Gasteiger partial charge in [-0.25, -0.2) is 4.39 Å². The molecule has 1 N–H and O–H groups in total. The zero-order valence-electron chi connectivity index (χ0n) is 14.9. The standard InChI is InChI=1S/C19H24FN3O3/c1-15-11-21-23(12-15)13-18(24)22-9-2-7-19(25,8-10-22)14-26-17-5-3-16(20)4-6-17/h3-6,11-12,25H,2,7-10,13-14H2,1H3. The number of amides is 1. The van der Waals surface area contributed by atoms with Crippen LogP contribution in [0.15, 0.2) is 36.7 Å². The van der Waals surface area contributed by atoms with Crippen LogP contribution in [0.4, 0.5) is 4.39 Å². The van der Waals surface area contributed by atoms with Gasteiger partial charge in [-0.05, 0) is 56.0 Å². The van der Waals surface area contributed by atoms with Crippen LogP contribution in [-0.2, 0) is 11.3 Å². The van der Waals surface area contributed by atoms with Gasteiger partial charge in [-0.1, -0.05) is 0 Å². The lowest BCUT2D eigenvalue weighted by Crippen LogP contribution is -2.39. The van der Waals surface area contributed by atoms with E-state index in [0.29, 0.717) is 38.1 Å². The number of rotatable bonds is 5. The molecule has 1 aliphatic heterocycles. The molecule has 3 rings (SSSR count). The number of nitrogens with zero attached hydrogens (tertiary/aromatic N) is 3. The molecular formula is C19H24FN3O3. The number of benzene rings is 1. The molecule has 26 heavy (non-hydrogen) atoms. The van der Waals surface area contributed by atoms with Gasteiger partial charge in [0.05, 0.1) is 6.20 Å². The predicted molar refractivity (Wildman–Crippen MR) is 94.2 cm³/mol. The Hall–Kier alpha value is -2.41. The van der Waals surface area contributed by atoms with Crippen LogP contribution in [0.2, 0.25) is 0 Å². The third-order valence-corrected chi connectivity index (χ3v) is 4.65. The van der Waals surface area contributed by atoms with Crippen LogP contribution in [-0.4, -0.2) is 51.0 Å². The van der Waals surface area contributed by atoms with Gasteiger partial charge in [0, 0.05) is 19.3 Å². The first-order valence-electron chi connectivity index (χ1n) is 8.81. The van der Waals surface area contributed by atoms with Crippen molar-refractivity contribution in [3.8, 4) is 5.75 Å². The first-order valence-corrected chi connectivity index (χ1v) is 8.81. The SMILES string of the molecule is Cc1cnn(CC(=O)N2CCCC(O)(COc3ccc(F)cc3)CC2)c1. The molecule has 7 heteroatoms. The lowest BCUT2D eigenvalue weighted by Gasteiger charge is -2.27. The Morgan fingerprint density at radius 2 is 2.08 bits per heavy atom. The molecule has 0 bridgehead atoms. The fourth-order valence-corrected chi connectivity index (χ4v) is 3.11. The number of hydrogen-bond acceptors (Lipinski definition) is 4. The van der Waals surface area contributed by atoms with Crippen LogP contribution in [0.3, 0.4) is 0 Å². The molecule has 1 aromatic heterocycles. The van der Waals surface area contributed by atoms with E-state index >= 15 is 0 Å². The van der Waals surface area contributed by atoms with E-state index in [1.54, 1.807) is 15.8 Å². The summed E-state index contributed by atoms with van der Waals surface area (Å²) in [7, 11) is 0. The molecule has 2 aromatic rings. The first kappa shape index (κ1) is 18.4. The van der Waals surface area contributed by atoms with Gasteiger partial charge < -0.3 is 14.7 Å². The van der Waals surface area contributed by atoms with Crippen molar-refractivity contribution in [2.75, 3.05) is 19.7 Å². The maximum atomic E-state index is 12.9. The van der Waals surface area contributed by atoms with Crippen LogP contribution >= 0.6 is 0 Å². The molecule has 2 heterocycles. The van der Waals surface area contributed by atoms with Crippen molar-refractivity contribution in [3.05, 3.63) is 48.0 Å². The Bertz CT molecular complexity index is 747. The number of carbonyl (C=O) groups excluding carboxylic acids is 1. The highest BCUT2D eigenvalue weighted by molar-refractivity contribution is 5.75. The van der Waals surface area contributed by atoms with Gasteiger partial charge in [0.2, 0.25) is 5.91 Å². The number of carbonyl (C=O) groups is 1. The molecule has 1 atom stereocenters. The summed E-state index contributed by atoms with van der Waals surface area (Å²) in [5, 5.41) is 15.0. The lowest BCUT2D eigenvalue weighted by molar-refractivity contribution is -0.132. The van der Waals surface area contributed by atoms with Gasteiger partial charge in [-0.15, -0.1) is 0 Å². The van der Waals surface area contributed by atoms with Crippen molar-refractivity contribution >= 4 is 5.91 Å². The third kappa shape index (κ3) is 4.82. The van der Waals surface area contributed by atoms with Crippen LogP contribution in [0.25, 0.3) is 0 Å². The predicted octanol–water partition coefficient (Wildman–Crippen LogP) is 2.15. The molecule has 1 aromatic carbocycles. The molecule has 1 aliphatic rings. The van der Waals surface area contributed by atoms with Crippen molar-refractivity contribution in [3.63, 3.8) is 0 Å². The summed E-state index contributed by atoms with van der Waals surface area (Å²) in [4.78, 5) is 14.2. The largest absolute Gasteiger partial charge is 0.491 e. The Labute approximate surface area is 152 Å². The van der Waals surface area contributed by atoms with E-state index in [1.807, 2.05) is 13.1 Å². The molecular weight excluding hydrogens is 337 g/mol. The summed E-state index contributed by atoms with van der Waals surface area (Å²) in [6, 6.07) is 5.72. The van der Waals surface area contributed by atoms with Crippen molar-refractivity contribution in [2.45, 2.75) is 38.3 Å². The average molecular weight is 361 g/mol. The smallest absolute Gasteiger partial charge is 0.244 e. The molecule has 0 aliphatic carbocycles. The third-order valence-electron chi connectivity index (χ3n) is 4.65. The summed E-state index contributed by atoms with van der Waals surface area (Å²) >= 11 is 0. The Kier molecular flexibility index (Phi) is 5.56. The minimum Gasteiger partial charge on any atom is -0.491 e. The normalized spacial score (nSPS) is 20.7. The minimum atomic E-state index is -0.994. The zero-order valence-corrected chi connectivity index (χ0v) is 14.9. The second-order valence-electron chi connectivity index (χ2n) is 6.92. The molecule has 0 spiro atoms. The summed E-state index contributed by atoms with van der Waals surface area (Å²) in [5.41, 5.74) is 0.0205. The highest BCUT2D eigenvalue weighted by atomic mass is 19.1. The molecule has 1 unspecified atom stereocenters. The molecule has 0 radical (unpaired) electrons. The van der Waals surface area contributed by atoms with E-state index in [1.165, 1.54) is 24.3 Å². The number of aromatic nitrogens is 2. The topological polar surface area (TPSA) is 67.6 Å². The Morgan fingerprint density at radius 1 is 1.31 bits per heavy atom. The van der Waals surface area contributed by atoms with Gasteiger partial charge >= 0.3 is 0 Å². The Morgan fingerprint density at radius 3 is 2.77 bits per heavy atom. The van der Waals surface area contributed by atoms with E-state index in [4.69, 9.17) is 4.74 Å². The maximum absolute atomic E-state index is 12.9. The van der Waals surface area contributed by atoms with E-state index in [2.05, 4.69) is 5.10 Å². The fraction of sp³-hybridized carbons (Fsp3) is 0.474. The summed E-state index contributed by atoms with van der Waals surface area (Å²) in [6.45, 7) is 3.35. The van der Waals surface area contributed by atoms with Gasteiger partial charge in [0.25, 0.3) is 0 Å². The monoisotopic (exact) mass is 361 g/mol. The lowest BCUT2D eigenvalue weighted by atomic mass is 9.96. The van der Waals surface area contributed by atoms with Crippen molar-refractivity contribution in [1.29, 1.82) is 0 Å². The van der Waals surface area contributed by atoms with Crippen LogP contribution in [0.5, 0.6) is 5.75 Å². The van der Waals surface area contributed by atoms with E-state index < -0.39 is 5.60 Å². The zero-order chi connectivity index (χ0) is 18.6. The first-order chi connectivity index (χ1) is 12.4. The van der Waals surface area contributed by atoms with Crippen molar-refractivity contribution in [2.24, 2.45) is 0 Å². The van der Waals surface area contributed by atoms with Gasteiger partial charge in [-0.3, -0.25) is 9.48 Å². The van der Waals surface area contributed by atoms with Crippen LogP contribution in [0.1, 0.15) is 24.8 Å². The summed E-state index contributed by atoms with van der Waals surface area (Å²) < 4.78 is 20.2. The van der Waals surface area contributed by atoms with Crippen molar-refractivity contribution < 1.29 is 19.0 Å². The van der Waals surface area contributed by atoms with Gasteiger partial charge in [-0.2, -0.15) is 5.10 Å². The number of halogens is 1. The molecule has 1 saturated heterocycles. The van der Waals surface area contributed by atoms with E-state index in [9.17, 15) is 14.3 Å². The fourth-order valence-electron chi connectivity index (χ4n) is 3.11. The summed E-state index contributed by atoms with van der Waals surface area (Å²) in [5.74, 6) is 0.190. The number of aryl methyl sites for hydroxylation is 1. The van der Waals surface area contributed by atoms with Crippen LogP contribution < -0.4 is 4.74 Å². The second-order valence-corrected chi connectivity index (χ2v) is 6.92. The molecule has 1 fully saturated rings. The van der Waals surface area contributed by atoms with Gasteiger partial charge in [0.1, 0.15) is 30.3 Å². The average Bonchev–Trinajstić information content (AvgIpc) is 2.91. The minimum absolute atomic E-state index is 0.00296. The maximum Gasteiger partial charge on any atom is 0.244 e. The molecule has 1 amide bonds. The van der Waals surface area contributed by atoms with Gasteiger partial charge in [0.15, 0.2) is 0 Å². The summed E-state index contributed by atoms with van der Waals surface area (Å²) in [6.07, 6.45) is 5.26. The molecule has 0 saturated carbocycles. The van der Waals surface area contributed by atoms with E-state index in [0.717, 1.165) is 5.56 Å². The quantitative estimate of drug-likeness (QED) is 0.886. The Balaban J connectivity index is 1.53. The molecule has 6 nitrogen and oxygen atoms in total. The van der Waals surface area contributed by atoms with Crippen molar-refractivity contribution in [1.82, 2.24) is 14.7 Å². The number of ether oxygens (including phenoxy) is 1. The number of hydrogen-bond donors (Lipinski definition) is 1. The number of aliphatic hydroxyl groups is 1. The van der Waals surface area contributed by atoms with Crippen LogP contribution in [0, 0.1) is 12.7 Å².